The third kappa shape index (κ3) is 3.24. The highest BCUT2D eigenvalue weighted by molar-refractivity contribution is 6.31. The highest BCUT2D eigenvalue weighted by Crippen LogP contribution is 2.38. The Kier molecular flexibility index (Phi) is 4.68. The number of phenols is 1. The molecule has 3 aromatic carbocycles. The lowest BCUT2D eigenvalue weighted by atomic mass is 9.82. The van der Waals surface area contributed by atoms with Crippen LogP contribution in [0.1, 0.15) is 38.8 Å². The number of nitrogens with one attached hydrogen (secondary N) is 2. The number of fused-ring (bicyclic) bond motifs is 2. The lowest BCUT2D eigenvalue weighted by Crippen LogP contribution is -2.22. The summed E-state index contributed by atoms with van der Waals surface area (Å²) in [4.78, 5) is 37.7. The molecule has 4 rings (SSSR count). The van der Waals surface area contributed by atoms with Crippen LogP contribution in [0.2, 0.25) is 0 Å². The van der Waals surface area contributed by atoms with Gasteiger partial charge in [0.25, 0.3) is 5.91 Å². The first-order valence-electron chi connectivity index (χ1n) is 9.25. The smallest absolute Gasteiger partial charge is 0.250 e. The minimum atomic E-state index is -0.390. The third-order valence-electron chi connectivity index (χ3n) is 4.86. The molecular formula is C24H18N2O4. The number of amides is 1. The highest BCUT2D eigenvalue weighted by atomic mass is 16.3. The quantitative estimate of drug-likeness (QED) is 0.349. The first kappa shape index (κ1) is 19.1. The molecule has 0 spiro atoms. The zero-order valence-corrected chi connectivity index (χ0v) is 16.2. The van der Waals surface area contributed by atoms with Gasteiger partial charge in [0.2, 0.25) is 0 Å². The first-order chi connectivity index (χ1) is 14.4. The molecule has 148 valence electrons. The number of phenolic OH excluding ortho intramolecular Hbond substituents is 1. The predicted octanol–water partition coefficient (Wildman–Crippen LogP) is 4.43. The van der Waals surface area contributed by atoms with Gasteiger partial charge in [-0.1, -0.05) is 30.8 Å². The van der Waals surface area contributed by atoms with Crippen molar-refractivity contribution in [1.29, 1.82) is 0 Å². The largest absolute Gasteiger partial charge is 0.507 e. The van der Waals surface area contributed by atoms with Crippen LogP contribution in [-0.2, 0) is 4.79 Å². The van der Waals surface area contributed by atoms with Crippen LogP contribution < -0.4 is 10.6 Å². The molecule has 1 aliphatic carbocycles. The molecule has 0 saturated heterocycles. The minimum Gasteiger partial charge on any atom is -0.507 e. The number of rotatable bonds is 4. The van der Waals surface area contributed by atoms with Gasteiger partial charge in [-0.05, 0) is 43.3 Å². The number of hydrogen-bond donors (Lipinski definition) is 3. The van der Waals surface area contributed by atoms with Gasteiger partial charge in [0, 0.05) is 28.1 Å². The average molecular weight is 398 g/mol. The van der Waals surface area contributed by atoms with Crippen LogP contribution in [0.25, 0.3) is 0 Å². The van der Waals surface area contributed by atoms with Crippen LogP contribution in [0.4, 0.5) is 17.1 Å². The fraction of sp³-hybridized carbons (Fsp3) is 0.0417. The fourth-order valence-corrected chi connectivity index (χ4v) is 3.34. The van der Waals surface area contributed by atoms with Crippen molar-refractivity contribution in [3.63, 3.8) is 0 Å². The maximum atomic E-state index is 13.1. The van der Waals surface area contributed by atoms with Gasteiger partial charge in [0.1, 0.15) is 5.75 Å². The van der Waals surface area contributed by atoms with Crippen LogP contribution in [-0.4, -0.2) is 22.6 Å². The molecule has 0 heterocycles. The molecule has 6 nitrogen and oxygen atoms in total. The molecule has 0 atom stereocenters. The predicted molar refractivity (Wildman–Crippen MR) is 115 cm³/mol. The summed E-state index contributed by atoms with van der Waals surface area (Å²) in [5.41, 5.74) is 2.77. The molecule has 30 heavy (non-hydrogen) atoms. The Balaban J connectivity index is 1.69. The van der Waals surface area contributed by atoms with Gasteiger partial charge < -0.3 is 15.7 Å². The van der Waals surface area contributed by atoms with Gasteiger partial charge in [-0.15, -0.1) is 0 Å². The van der Waals surface area contributed by atoms with Crippen LogP contribution in [0.15, 0.2) is 72.8 Å². The van der Waals surface area contributed by atoms with Crippen LogP contribution in [0.5, 0.6) is 5.75 Å². The van der Waals surface area contributed by atoms with Crippen molar-refractivity contribution in [2.24, 2.45) is 0 Å². The SMILES string of the molecule is C=C(C)C(=O)Nc1ccc(Nc2ccc(O)c3c2C(=O)c2ccccc2C3=O)cc1. The second-order valence-electron chi connectivity index (χ2n) is 7.02. The van der Waals surface area contributed by atoms with Gasteiger partial charge in [-0.25, -0.2) is 0 Å². The molecule has 0 bridgehead atoms. The summed E-state index contributed by atoms with van der Waals surface area (Å²) in [6, 6.07) is 16.4. The van der Waals surface area contributed by atoms with Gasteiger partial charge in [-0.3, -0.25) is 14.4 Å². The van der Waals surface area contributed by atoms with Crippen molar-refractivity contribution in [3.8, 4) is 5.75 Å². The van der Waals surface area contributed by atoms with E-state index in [1.54, 1.807) is 61.5 Å². The molecule has 0 aromatic heterocycles. The van der Waals surface area contributed by atoms with E-state index in [1.807, 2.05) is 0 Å². The van der Waals surface area contributed by atoms with Gasteiger partial charge in [0.15, 0.2) is 11.6 Å². The van der Waals surface area contributed by atoms with Gasteiger partial charge in [0.05, 0.1) is 16.8 Å². The van der Waals surface area contributed by atoms with Gasteiger partial charge >= 0.3 is 0 Å². The standard InChI is InChI=1S/C24H18N2O4/c1-13(2)24(30)26-15-9-7-14(8-10-15)25-18-11-12-19(27)21-20(18)22(28)16-5-3-4-6-17(16)23(21)29/h3-12,25,27H,1H2,2H3,(H,26,30). The summed E-state index contributed by atoms with van der Waals surface area (Å²) in [7, 11) is 0. The van der Waals surface area contributed by atoms with Crippen LogP contribution in [0, 0.1) is 0 Å². The molecule has 0 saturated carbocycles. The normalized spacial score (nSPS) is 12.0. The molecule has 3 aromatic rings. The molecule has 1 amide bonds. The monoisotopic (exact) mass is 398 g/mol. The van der Waals surface area contributed by atoms with Gasteiger partial charge in [-0.2, -0.15) is 0 Å². The molecule has 3 N–H and O–H groups in total. The lowest BCUT2D eigenvalue weighted by Gasteiger charge is -2.21. The Morgan fingerprint density at radius 1 is 0.833 bits per heavy atom. The van der Waals surface area contributed by atoms with E-state index in [4.69, 9.17) is 0 Å². The molecule has 0 radical (unpaired) electrons. The third-order valence-corrected chi connectivity index (χ3v) is 4.86. The Bertz CT molecular complexity index is 1230. The number of ketones is 2. The Labute approximate surface area is 172 Å². The van der Waals surface area contributed by atoms with E-state index in [2.05, 4.69) is 17.2 Å². The van der Waals surface area contributed by atoms with Crippen LogP contribution >= 0.6 is 0 Å². The zero-order valence-electron chi connectivity index (χ0n) is 16.2. The second-order valence-corrected chi connectivity index (χ2v) is 7.02. The van der Waals surface area contributed by atoms with E-state index in [1.165, 1.54) is 6.07 Å². The van der Waals surface area contributed by atoms with E-state index in [0.29, 0.717) is 28.2 Å². The Morgan fingerprint density at radius 2 is 1.40 bits per heavy atom. The van der Waals surface area contributed by atoms with Crippen molar-refractivity contribution < 1.29 is 19.5 Å². The number of hydrogen-bond acceptors (Lipinski definition) is 5. The summed E-state index contributed by atoms with van der Waals surface area (Å²) >= 11 is 0. The van der Waals surface area contributed by atoms with Crippen molar-refractivity contribution in [2.75, 3.05) is 10.6 Å². The van der Waals surface area contributed by atoms with Crippen molar-refractivity contribution in [2.45, 2.75) is 6.92 Å². The van der Waals surface area contributed by atoms with Crippen molar-refractivity contribution in [3.05, 3.63) is 95.1 Å². The number of carbonyl (C=O) groups excluding carboxylic acids is 3. The summed E-state index contributed by atoms with van der Waals surface area (Å²) in [5.74, 6) is -1.23. The number of carbonyl (C=O) groups is 3. The average Bonchev–Trinajstić information content (AvgIpc) is 2.74. The van der Waals surface area contributed by atoms with Crippen molar-refractivity contribution in [1.82, 2.24) is 0 Å². The summed E-state index contributed by atoms with van der Waals surface area (Å²) in [5, 5.41) is 16.1. The number of aromatic hydroxyl groups is 1. The Hall–Kier alpha value is -4.19. The molecular weight excluding hydrogens is 380 g/mol. The summed E-state index contributed by atoms with van der Waals surface area (Å²) < 4.78 is 0. The molecule has 0 aliphatic heterocycles. The maximum Gasteiger partial charge on any atom is 0.250 e. The molecule has 1 aliphatic rings. The Morgan fingerprint density at radius 3 is 2.00 bits per heavy atom. The zero-order chi connectivity index (χ0) is 21.4. The van der Waals surface area contributed by atoms with E-state index in [9.17, 15) is 19.5 Å². The van der Waals surface area contributed by atoms with E-state index in [-0.39, 0.29) is 39.9 Å². The number of benzene rings is 3. The molecule has 0 fully saturated rings. The minimum absolute atomic E-state index is 0.00552. The summed E-state index contributed by atoms with van der Waals surface area (Å²) in [6.45, 7) is 5.22. The molecule has 0 unspecified atom stereocenters. The highest BCUT2D eigenvalue weighted by Gasteiger charge is 2.33. The first-order valence-corrected chi connectivity index (χ1v) is 9.25. The summed E-state index contributed by atoms with van der Waals surface area (Å²) in [6.07, 6.45) is 0. The second kappa shape index (κ2) is 7.33. The van der Waals surface area contributed by atoms with Crippen molar-refractivity contribution >= 4 is 34.5 Å². The topological polar surface area (TPSA) is 95.5 Å². The van der Waals surface area contributed by atoms with Crippen LogP contribution in [0.3, 0.4) is 0 Å². The lowest BCUT2D eigenvalue weighted by molar-refractivity contribution is -0.112. The molecule has 6 heteroatoms. The van der Waals surface area contributed by atoms with E-state index >= 15 is 0 Å². The maximum absolute atomic E-state index is 13.1. The van der Waals surface area contributed by atoms with E-state index < -0.39 is 0 Å². The number of anilines is 3. The van der Waals surface area contributed by atoms with E-state index in [0.717, 1.165) is 0 Å². The fourth-order valence-electron chi connectivity index (χ4n) is 3.34.